The maximum absolute atomic E-state index is 13.5. The van der Waals surface area contributed by atoms with Gasteiger partial charge in [-0.2, -0.15) is 15.0 Å². The van der Waals surface area contributed by atoms with Gasteiger partial charge in [0.1, 0.15) is 33.4 Å². The average molecular weight is 1610 g/mol. The number of likely N-dealkylation sites (N-methyl/N-ethyl adjacent to an activating group) is 3. The number of nitrogens with zero attached hydrogens (tertiary/aromatic N) is 18. The highest BCUT2D eigenvalue weighted by molar-refractivity contribution is 6.00. The first kappa shape index (κ1) is 74.2. The number of hydrogen-bond acceptors (Lipinski definition) is 21. The lowest BCUT2D eigenvalue weighted by Crippen LogP contribution is -2.43. The molecule has 2 saturated carbocycles. The number of allylic oxidation sites excluding steroid dienone is 3. The van der Waals surface area contributed by atoms with Gasteiger partial charge in [0.2, 0.25) is 17.8 Å². The van der Waals surface area contributed by atoms with Gasteiger partial charge in [-0.3, -0.25) is 43.5 Å². The molecule has 6 bridgehead atoms. The number of hydrogen-bond donors (Lipinski definition) is 3. The van der Waals surface area contributed by atoms with Gasteiger partial charge in [-0.05, 0) is 224 Å². The van der Waals surface area contributed by atoms with Crippen LogP contribution in [0.3, 0.4) is 0 Å². The summed E-state index contributed by atoms with van der Waals surface area (Å²) in [5, 5.41) is 11.4. The molecule has 3 N–H and O–H groups in total. The fourth-order valence-corrected chi connectivity index (χ4v) is 19.0. The molecule has 6 aromatic carbocycles. The van der Waals surface area contributed by atoms with Crippen molar-refractivity contribution >= 4 is 103 Å². The van der Waals surface area contributed by atoms with Crippen molar-refractivity contribution in [2.45, 2.75) is 114 Å². The summed E-state index contributed by atoms with van der Waals surface area (Å²) in [5.74, 6) is 2.96. The van der Waals surface area contributed by atoms with Crippen LogP contribution in [0.15, 0.2) is 179 Å². The molecule has 3 amide bonds. The van der Waals surface area contributed by atoms with E-state index in [1.54, 1.807) is 47.3 Å². The Morgan fingerprint density at radius 2 is 0.725 bits per heavy atom. The molecule has 2 spiro atoms. The first-order chi connectivity index (χ1) is 58.3. The zero-order valence-electron chi connectivity index (χ0n) is 67.4. The molecule has 30 heteroatoms. The van der Waals surface area contributed by atoms with Crippen LogP contribution >= 0.6 is 0 Å². The molecule has 23 rings (SSSR count). The molecule has 0 atom stereocenters. The third-order valence-corrected chi connectivity index (χ3v) is 26.1. The number of anilines is 9. The third-order valence-electron chi connectivity index (χ3n) is 26.1. The minimum absolute atomic E-state index is 0.0202. The van der Waals surface area contributed by atoms with E-state index < -0.39 is 0 Å². The van der Waals surface area contributed by atoms with Crippen LogP contribution in [0.2, 0.25) is 0 Å². The van der Waals surface area contributed by atoms with Gasteiger partial charge < -0.3 is 44.9 Å². The number of amides is 3. The van der Waals surface area contributed by atoms with Crippen LogP contribution in [-0.4, -0.2) is 171 Å². The van der Waals surface area contributed by atoms with Gasteiger partial charge in [0.05, 0.1) is 53.8 Å². The Morgan fingerprint density at radius 3 is 1.13 bits per heavy atom. The number of carbonyl (C=O) groups is 3. The first-order valence-corrected chi connectivity index (χ1v) is 41.3. The zero-order valence-corrected chi connectivity index (χ0v) is 67.4. The third kappa shape index (κ3) is 12.5. The Morgan fingerprint density at radius 1 is 0.367 bits per heavy atom. The molecule has 2 aliphatic carbocycles. The standard InChI is InChI=1S/2C30H29N7O3.C30H31N7O3/c1-34-14-9-19-15-20(5-7-23(19)30(34)10-11-30)32-29-31-17-22-27(33-29)37-21-6-8-25-24(16-21)35(26(38)18-40-25)12-3-2-4-13-36(37)28(22)39;1-34-14-9-19-5-6-20(15-23(19)30(34)10-11-30)32-29-31-17-22-27(33-29)37-21-7-8-25-24(16-21)35(26(38)18-40-25)12-3-2-4-13-36(37)28(22)39;1-30(2)23-9-7-20(15-19(23)11-14-34(30)3)32-29-31-17-22-27(33-29)37-21-8-10-25-24(16-21)35(26(38)18-40-25)12-5-4-6-13-36(37)28(22)39/h2*2,4-8,15-17H,3,9-14,18H2,1H3,(H,31,32,33);4,6-10,15-17H,5,11-14,18H2,1-3H3,(H,31,32,33). The van der Waals surface area contributed by atoms with E-state index in [2.05, 4.69) is 135 Å². The molecule has 608 valence electrons. The van der Waals surface area contributed by atoms with Crippen molar-refractivity contribution in [2.24, 2.45) is 0 Å². The highest BCUT2D eigenvalue weighted by Crippen LogP contribution is 2.55. The summed E-state index contributed by atoms with van der Waals surface area (Å²) < 4.78 is 27.5. The predicted molar refractivity (Wildman–Crippen MR) is 457 cm³/mol. The van der Waals surface area contributed by atoms with Gasteiger partial charge in [0.15, 0.2) is 36.8 Å². The van der Waals surface area contributed by atoms with Crippen LogP contribution < -0.4 is 61.5 Å². The molecule has 0 radical (unpaired) electrons. The molecular formula is C90H89N21O9. The van der Waals surface area contributed by atoms with E-state index in [0.717, 1.165) is 67.3 Å². The minimum atomic E-state index is -0.174. The van der Waals surface area contributed by atoms with Gasteiger partial charge in [-0.25, -0.2) is 43.0 Å². The number of nitrogens with one attached hydrogen (secondary N) is 3. The SMILES string of the molecule is CN1CCc2cc(Nc3ncc4c(=O)n5n(c4n3)-c3ccc4c(c3)N(CCC=CC5)C(=O)CO4)ccc2C1(C)C.CN1CCc2cc(Nc3ncc4c(=O)n5n(c4n3)-c3ccc4c(c3)N(CCC=CC5)C(=O)CO4)ccc2C12CC2.CN1CCc2ccc(Nc3ncc4c(=O)n5n(c4n3)-c3ccc4c(c3)N(CCC=CC5)C(=O)CO4)cc2C12CC2. The second-order valence-electron chi connectivity index (χ2n) is 33.3. The minimum Gasteiger partial charge on any atom is -0.482 e. The molecule has 11 aliphatic rings. The summed E-state index contributed by atoms with van der Waals surface area (Å²) in [6.45, 7) is 10.5. The number of carbonyl (C=O) groups excluding carboxylic acids is 3. The number of rotatable bonds is 6. The van der Waals surface area contributed by atoms with Gasteiger partial charge in [-0.15, -0.1) is 0 Å². The second kappa shape index (κ2) is 28.8. The monoisotopic (exact) mass is 1610 g/mol. The first-order valence-electron chi connectivity index (χ1n) is 41.3. The normalized spacial score (nSPS) is 18.8. The highest BCUT2D eigenvalue weighted by Gasteiger charge is 2.52. The Balaban J connectivity index is 0.000000111. The van der Waals surface area contributed by atoms with Crippen molar-refractivity contribution in [3.8, 4) is 34.3 Å². The zero-order chi connectivity index (χ0) is 81.6. The van der Waals surface area contributed by atoms with Crippen LogP contribution in [0.5, 0.6) is 17.2 Å². The van der Waals surface area contributed by atoms with Gasteiger partial charge in [0.25, 0.3) is 34.4 Å². The van der Waals surface area contributed by atoms with Crippen LogP contribution in [-0.2, 0) is 69.9 Å². The Hall–Kier alpha value is -13.3. The Labute approximate surface area is 688 Å². The van der Waals surface area contributed by atoms with Crippen molar-refractivity contribution in [1.82, 2.24) is 72.7 Å². The predicted octanol–water partition coefficient (Wildman–Crippen LogP) is 10.7. The molecular weight excluding hydrogens is 1520 g/mol. The van der Waals surface area contributed by atoms with Crippen molar-refractivity contribution in [1.29, 1.82) is 0 Å². The fourth-order valence-electron chi connectivity index (χ4n) is 19.0. The largest absolute Gasteiger partial charge is 0.482 e. The summed E-state index contributed by atoms with van der Waals surface area (Å²) in [7, 11) is 6.60. The van der Waals surface area contributed by atoms with E-state index in [-0.39, 0.29) is 70.8 Å². The van der Waals surface area contributed by atoms with Crippen molar-refractivity contribution in [3.63, 3.8) is 0 Å². The summed E-state index contributed by atoms with van der Waals surface area (Å²) in [5.41, 5.74) is 16.6. The topological polar surface area (TPSA) is 293 Å². The molecule has 6 aromatic heterocycles. The number of ether oxygens (including phenoxy) is 3. The Kier molecular flexibility index (Phi) is 17.8. The quantitative estimate of drug-likeness (QED) is 0.130. The van der Waals surface area contributed by atoms with Crippen LogP contribution in [0.4, 0.5) is 52.0 Å². The van der Waals surface area contributed by atoms with Gasteiger partial charge >= 0.3 is 0 Å². The number of fused-ring (bicyclic) bond motifs is 20. The molecule has 30 nitrogen and oxygen atoms in total. The van der Waals surface area contributed by atoms with Gasteiger partial charge in [-0.1, -0.05) is 54.7 Å². The summed E-state index contributed by atoms with van der Waals surface area (Å²) in [4.78, 5) is 119. The van der Waals surface area contributed by atoms with Crippen molar-refractivity contribution in [2.75, 3.05) is 111 Å². The average Bonchev–Trinajstić information content (AvgIpc) is 1.59. The van der Waals surface area contributed by atoms with Crippen molar-refractivity contribution in [3.05, 3.63) is 229 Å². The molecule has 0 unspecified atom stereocenters. The van der Waals surface area contributed by atoms with E-state index >= 15 is 0 Å². The molecule has 15 heterocycles. The van der Waals surface area contributed by atoms with E-state index in [4.69, 9.17) is 29.2 Å². The summed E-state index contributed by atoms with van der Waals surface area (Å²) >= 11 is 0. The molecule has 0 saturated heterocycles. The molecule has 2 fully saturated rings. The second-order valence-corrected chi connectivity index (χ2v) is 33.3. The molecule has 9 aliphatic heterocycles. The highest BCUT2D eigenvalue weighted by atomic mass is 16.5. The van der Waals surface area contributed by atoms with Crippen LogP contribution in [0, 0.1) is 0 Å². The Bertz CT molecular complexity index is 6360. The number of benzene rings is 6. The van der Waals surface area contributed by atoms with E-state index in [1.165, 1.54) is 59.1 Å². The molecule has 120 heavy (non-hydrogen) atoms. The van der Waals surface area contributed by atoms with E-state index in [9.17, 15) is 28.8 Å². The lowest BCUT2D eigenvalue weighted by molar-refractivity contribution is -0.122. The lowest BCUT2D eigenvalue weighted by Gasteiger charge is -2.41. The number of aromatic nitrogens is 12. The maximum Gasteiger partial charge on any atom is 0.278 e. The van der Waals surface area contributed by atoms with E-state index in [0.29, 0.717) is 149 Å². The molecule has 12 aromatic rings. The van der Waals surface area contributed by atoms with Crippen molar-refractivity contribution < 1.29 is 28.6 Å². The van der Waals surface area contributed by atoms with E-state index in [1.807, 2.05) is 105 Å². The van der Waals surface area contributed by atoms with Crippen LogP contribution in [0.1, 0.15) is 92.2 Å². The van der Waals surface area contributed by atoms with Gasteiger partial charge in [0, 0.05) is 91.5 Å². The van der Waals surface area contributed by atoms with Crippen LogP contribution in [0.25, 0.3) is 50.2 Å². The maximum atomic E-state index is 13.5. The fraction of sp³-hybridized carbons (Fsp3) is 0.333. The lowest BCUT2D eigenvalue weighted by atomic mass is 9.83. The summed E-state index contributed by atoms with van der Waals surface area (Å²) in [6.07, 6.45) is 26.5. The summed E-state index contributed by atoms with van der Waals surface area (Å²) in [6, 6.07) is 36.4. The smallest absolute Gasteiger partial charge is 0.278 e.